The maximum atomic E-state index is 12.1. The van der Waals surface area contributed by atoms with Gasteiger partial charge in [-0.3, -0.25) is 4.79 Å². The highest BCUT2D eigenvalue weighted by Crippen LogP contribution is 2.20. The maximum absolute atomic E-state index is 12.1. The van der Waals surface area contributed by atoms with Gasteiger partial charge in [-0.2, -0.15) is 10.2 Å². The van der Waals surface area contributed by atoms with Crippen molar-refractivity contribution in [1.29, 1.82) is 0 Å². The van der Waals surface area contributed by atoms with Crippen molar-refractivity contribution in [3.63, 3.8) is 0 Å². The summed E-state index contributed by atoms with van der Waals surface area (Å²) >= 11 is 0. The quantitative estimate of drug-likeness (QED) is 0.446. The van der Waals surface area contributed by atoms with Gasteiger partial charge in [-0.15, -0.1) is 0 Å². The second-order valence-electron chi connectivity index (χ2n) is 6.13. The first-order valence-electron chi connectivity index (χ1n) is 8.98. The third-order valence-electron chi connectivity index (χ3n) is 3.90. The minimum atomic E-state index is -1.26. The number of anilines is 1. The lowest BCUT2D eigenvalue weighted by Gasteiger charge is -2.16. The molecule has 2 aromatic carbocycles. The third kappa shape index (κ3) is 7.65. The number of methoxy groups -OCH3 is 1. The molecular formula is C20H24N4O4. The molecule has 0 aliphatic carbocycles. The molecule has 8 heteroatoms. The van der Waals surface area contributed by atoms with Crippen molar-refractivity contribution in [1.82, 2.24) is 0 Å². The zero-order chi connectivity index (χ0) is 20.2. The highest BCUT2D eigenvalue weighted by molar-refractivity contribution is 5.93. The Morgan fingerprint density at radius 2 is 1.71 bits per heavy atom. The Hall–Kier alpha value is -3.10. The van der Waals surface area contributed by atoms with Gasteiger partial charge in [0.2, 0.25) is 5.91 Å². The molecule has 0 spiro atoms. The predicted molar refractivity (Wildman–Crippen MR) is 102 cm³/mol. The van der Waals surface area contributed by atoms with Crippen molar-refractivity contribution in [3.8, 4) is 0 Å². The van der Waals surface area contributed by atoms with Gasteiger partial charge >= 0.3 is 0 Å². The van der Waals surface area contributed by atoms with E-state index >= 15 is 0 Å². The molecule has 0 aliphatic rings. The molecule has 0 aromatic heterocycles. The van der Waals surface area contributed by atoms with Crippen LogP contribution in [0, 0.1) is 0 Å². The monoisotopic (exact) mass is 384 g/mol. The Morgan fingerprint density at radius 3 is 2.32 bits per heavy atom. The molecule has 0 unspecified atom stereocenters. The molecular weight excluding hydrogens is 360 g/mol. The summed E-state index contributed by atoms with van der Waals surface area (Å²) in [5.41, 5.74) is 1.94. The first-order valence-corrected chi connectivity index (χ1v) is 8.98. The van der Waals surface area contributed by atoms with Crippen LogP contribution < -0.4 is 15.7 Å². The van der Waals surface area contributed by atoms with E-state index in [9.17, 15) is 14.7 Å². The second kappa shape index (κ2) is 11.6. The summed E-state index contributed by atoms with van der Waals surface area (Å²) in [6.45, 7) is 1.08. The number of quaternary nitrogens is 1. The number of carboxylic acids is 1. The van der Waals surface area contributed by atoms with Crippen LogP contribution in [0.5, 0.6) is 0 Å². The third-order valence-corrected chi connectivity index (χ3v) is 3.90. The van der Waals surface area contributed by atoms with E-state index in [4.69, 9.17) is 4.74 Å². The summed E-state index contributed by atoms with van der Waals surface area (Å²) in [6, 6.07) is 15.2. The summed E-state index contributed by atoms with van der Waals surface area (Å²) < 4.78 is 4.92. The fourth-order valence-corrected chi connectivity index (χ4v) is 2.44. The Balaban J connectivity index is 1.85. The molecule has 2 rings (SSSR count). The van der Waals surface area contributed by atoms with Gasteiger partial charge in [0, 0.05) is 19.2 Å². The first kappa shape index (κ1) is 21.2. The maximum Gasteiger partial charge on any atom is 0.230 e. The zero-order valence-electron chi connectivity index (χ0n) is 15.7. The van der Waals surface area contributed by atoms with Crippen molar-refractivity contribution in [3.05, 3.63) is 54.6 Å². The predicted octanol–water partition coefficient (Wildman–Crippen LogP) is 1.15. The number of rotatable bonds is 11. The van der Waals surface area contributed by atoms with E-state index in [1.807, 2.05) is 30.3 Å². The van der Waals surface area contributed by atoms with E-state index in [2.05, 4.69) is 15.5 Å². The zero-order valence-corrected chi connectivity index (χ0v) is 15.7. The fraction of sp³-hybridized carbons (Fsp3) is 0.300. The summed E-state index contributed by atoms with van der Waals surface area (Å²) in [6.07, 6.45) is 0.520. The van der Waals surface area contributed by atoms with Crippen LogP contribution in [0.4, 0.5) is 17.1 Å². The van der Waals surface area contributed by atoms with Gasteiger partial charge in [0.25, 0.3) is 0 Å². The van der Waals surface area contributed by atoms with Crippen molar-refractivity contribution >= 4 is 28.9 Å². The number of ether oxygens (including phenoxy) is 1. The minimum absolute atomic E-state index is 0.176. The second-order valence-corrected chi connectivity index (χ2v) is 6.13. The summed E-state index contributed by atoms with van der Waals surface area (Å²) in [5, 5.41) is 23.7. The summed E-state index contributed by atoms with van der Waals surface area (Å²) in [4.78, 5) is 23.3. The summed E-state index contributed by atoms with van der Waals surface area (Å²) in [7, 11) is 1.58. The average molecular weight is 384 g/mol. The first-order chi connectivity index (χ1) is 13.6. The SMILES string of the molecule is COCCC[NH2+][C@@H](CC(=O)Nc1ccc(N=Nc2ccccc2)cc1)C(=O)[O-]. The minimum Gasteiger partial charge on any atom is -0.544 e. The van der Waals surface area contributed by atoms with E-state index in [1.54, 1.807) is 36.7 Å². The smallest absolute Gasteiger partial charge is 0.230 e. The number of benzene rings is 2. The van der Waals surface area contributed by atoms with Crippen LogP contribution in [0.15, 0.2) is 64.8 Å². The topological polar surface area (TPSA) is 120 Å². The van der Waals surface area contributed by atoms with Gasteiger partial charge < -0.3 is 25.3 Å². The fourth-order valence-electron chi connectivity index (χ4n) is 2.44. The lowest BCUT2D eigenvalue weighted by molar-refractivity contribution is -0.682. The Labute approximate surface area is 163 Å². The molecule has 148 valence electrons. The number of amides is 1. The normalized spacial score (nSPS) is 12.0. The lowest BCUT2D eigenvalue weighted by Crippen LogP contribution is -2.93. The van der Waals surface area contributed by atoms with Crippen molar-refractivity contribution in [2.45, 2.75) is 18.9 Å². The number of hydrogen-bond acceptors (Lipinski definition) is 6. The number of nitrogens with two attached hydrogens (primary N) is 1. The Kier molecular flexibility index (Phi) is 8.77. The molecule has 28 heavy (non-hydrogen) atoms. The molecule has 0 saturated heterocycles. The van der Waals surface area contributed by atoms with E-state index in [0.29, 0.717) is 30.9 Å². The largest absolute Gasteiger partial charge is 0.544 e. The number of aliphatic carboxylic acids is 1. The van der Waals surface area contributed by atoms with Crippen molar-refractivity contribution in [2.24, 2.45) is 10.2 Å². The van der Waals surface area contributed by atoms with Gasteiger partial charge in [0.1, 0.15) is 6.04 Å². The molecule has 0 bridgehead atoms. The highest BCUT2D eigenvalue weighted by atomic mass is 16.5. The molecule has 0 fully saturated rings. The Morgan fingerprint density at radius 1 is 1.07 bits per heavy atom. The van der Waals surface area contributed by atoms with Crippen LogP contribution in [0.25, 0.3) is 0 Å². The van der Waals surface area contributed by atoms with Crippen molar-refractivity contribution < 1.29 is 24.7 Å². The molecule has 1 atom stereocenters. The molecule has 8 nitrogen and oxygen atoms in total. The molecule has 0 aliphatic heterocycles. The van der Waals surface area contributed by atoms with Crippen LogP contribution >= 0.6 is 0 Å². The van der Waals surface area contributed by atoms with Crippen molar-refractivity contribution in [2.75, 3.05) is 25.6 Å². The highest BCUT2D eigenvalue weighted by Gasteiger charge is 2.18. The number of carbonyl (C=O) groups excluding carboxylic acids is 2. The van der Waals surface area contributed by atoms with Crippen LogP contribution in [0.3, 0.4) is 0 Å². The van der Waals surface area contributed by atoms with Gasteiger partial charge in [-0.05, 0) is 36.4 Å². The number of nitrogens with one attached hydrogen (secondary N) is 1. The molecule has 0 radical (unpaired) electrons. The van der Waals surface area contributed by atoms with Crippen LogP contribution in [0.1, 0.15) is 12.8 Å². The van der Waals surface area contributed by atoms with E-state index in [0.717, 1.165) is 5.69 Å². The molecule has 0 heterocycles. The molecule has 2 aromatic rings. The Bertz CT molecular complexity index is 779. The van der Waals surface area contributed by atoms with Gasteiger partial charge in [-0.25, -0.2) is 0 Å². The van der Waals surface area contributed by atoms with E-state index in [-0.39, 0.29) is 6.42 Å². The van der Waals surface area contributed by atoms with E-state index in [1.165, 1.54) is 0 Å². The number of carbonyl (C=O) groups is 2. The summed E-state index contributed by atoms with van der Waals surface area (Å²) in [5.74, 6) is -1.65. The lowest BCUT2D eigenvalue weighted by atomic mass is 10.2. The molecule has 0 saturated carbocycles. The number of hydrogen-bond donors (Lipinski definition) is 2. The molecule has 3 N–H and O–H groups in total. The number of azo groups is 1. The standard InChI is InChI=1S/C20H24N4O4/c1-28-13-5-12-21-18(20(26)27)14-19(25)22-15-8-10-17(11-9-15)24-23-16-6-3-2-4-7-16/h2-4,6-11,18,21H,5,12-14H2,1H3,(H,22,25)(H,26,27)/t18-/m0/s1. The van der Waals surface area contributed by atoms with Crippen LogP contribution in [-0.2, 0) is 14.3 Å². The number of nitrogens with zero attached hydrogens (tertiary/aromatic N) is 2. The molecule has 1 amide bonds. The van der Waals surface area contributed by atoms with Crippen LogP contribution in [-0.4, -0.2) is 38.2 Å². The number of carboxylic acid groups (broad SMARTS) is 1. The van der Waals surface area contributed by atoms with Gasteiger partial charge in [0.15, 0.2) is 0 Å². The van der Waals surface area contributed by atoms with E-state index < -0.39 is 17.9 Å². The van der Waals surface area contributed by atoms with Gasteiger partial charge in [0.05, 0.1) is 36.9 Å². The van der Waals surface area contributed by atoms with Gasteiger partial charge in [-0.1, -0.05) is 18.2 Å². The van der Waals surface area contributed by atoms with Crippen LogP contribution in [0.2, 0.25) is 0 Å². The average Bonchev–Trinajstić information content (AvgIpc) is 2.70.